The Morgan fingerprint density at radius 2 is 1.86 bits per heavy atom. The second-order valence-electron chi connectivity index (χ2n) is 4.44. The molecule has 4 nitrogen and oxygen atoms in total. The van der Waals surface area contributed by atoms with E-state index in [-0.39, 0.29) is 5.91 Å². The minimum absolute atomic E-state index is 0.339. The second kappa shape index (κ2) is 5.73. The first kappa shape index (κ1) is 13.9. The number of ether oxygens (including phenoxy) is 2. The van der Waals surface area contributed by atoms with Gasteiger partial charge in [-0.05, 0) is 52.3 Å². The van der Waals surface area contributed by atoms with E-state index in [2.05, 4.69) is 21.2 Å². The predicted molar refractivity (Wildman–Crippen MR) is 79.5 cm³/mol. The van der Waals surface area contributed by atoms with Crippen LogP contribution >= 0.6 is 15.9 Å². The summed E-state index contributed by atoms with van der Waals surface area (Å²) in [7, 11) is 0. The highest BCUT2D eigenvalue weighted by molar-refractivity contribution is 9.10. The SMILES string of the molecule is O=C(Nc1ccc(Br)c(F)c1)c1ccc2c(c1)OCCO2. The van der Waals surface area contributed by atoms with Gasteiger partial charge >= 0.3 is 0 Å². The fourth-order valence-corrected chi connectivity index (χ4v) is 2.21. The number of hydrogen-bond donors (Lipinski definition) is 1. The first-order valence-corrected chi connectivity index (χ1v) is 7.09. The zero-order valence-electron chi connectivity index (χ0n) is 10.9. The number of halogens is 2. The van der Waals surface area contributed by atoms with E-state index in [1.165, 1.54) is 12.1 Å². The largest absolute Gasteiger partial charge is 0.486 e. The van der Waals surface area contributed by atoms with E-state index in [4.69, 9.17) is 9.47 Å². The van der Waals surface area contributed by atoms with E-state index in [0.717, 1.165) is 0 Å². The normalized spacial score (nSPS) is 12.9. The molecule has 0 aromatic heterocycles. The molecule has 1 heterocycles. The average molecular weight is 352 g/mol. The molecule has 0 radical (unpaired) electrons. The van der Waals surface area contributed by atoms with Crippen molar-refractivity contribution in [2.75, 3.05) is 18.5 Å². The summed E-state index contributed by atoms with van der Waals surface area (Å²) in [5.41, 5.74) is 0.804. The standard InChI is InChI=1S/C15H11BrFNO3/c16-11-3-2-10(8-12(11)17)18-15(19)9-1-4-13-14(7-9)21-6-5-20-13/h1-4,7-8H,5-6H2,(H,18,19). The van der Waals surface area contributed by atoms with Crippen molar-refractivity contribution in [2.24, 2.45) is 0 Å². The molecule has 6 heteroatoms. The van der Waals surface area contributed by atoms with Crippen LogP contribution in [0, 0.1) is 5.82 Å². The molecule has 1 amide bonds. The first-order valence-electron chi connectivity index (χ1n) is 6.29. The topological polar surface area (TPSA) is 47.6 Å². The maximum absolute atomic E-state index is 13.4. The van der Waals surface area contributed by atoms with Crippen molar-refractivity contribution in [1.82, 2.24) is 0 Å². The maximum atomic E-state index is 13.4. The molecule has 1 N–H and O–H groups in total. The number of fused-ring (bicyclic) bond motifs is 1. The highest BCUT2D eigenvalue weighted by Gasteiger charge is 2.15. The van der Waals surface area contributed by atoms with Gasteiger partial charge in [-0.3, -0.25) is 4.79 Å². The molecule has 1 aliphatic heterocycles. The van der Waals surface area contributed by atoms with Crippen LogP contribution in [-0.4, -0.2) is 19.1 Å². The Balaban J connectivity index is 1.80. The number of nitrogens with one attached hydrogen (secondary N) is 1. The molecular formula is C15H11BrFNO3. The highest BCUT2D eigenvalue weighted by atomic mass is 79.9. The summed E-state index contributed by atoms with van der Waals surface area (Å²) in [4.78, 5) is 12.2. The van der Waals surface area contributed by atoms with Crippen LogP contribution in [0.5, 0.6) is 11.5 Å². The Labute approximate surface area is 129 Å². The van der Waals surface area contributed by atoms with Crippen molar-refractivity contribution in [3.8, 4) is 11.5 Å². The van der Waals surface area contributed by atoms with Gasteiger partial charge in [0.25, 0.3) is 5.91 Å². The van der Waals surface area contributed by atoms with E-state index in [9.17, 15) is 9.18 Å². The Hall–Kier alpha value is -2.08. The van der Waals surface area contributed by atoms with Crippen molar-refractivity contribution in [3.05, 3.63) is 52.3 Å². The zero-order chi connectivity index (χ0) is 14.8. The van der Waals surface area contributed by atoms with Gasteiger partial charge in [-0.1, -0.05) is 0 Å². The van der Waals surface area contributed by atoms with Crippen LogP contribution in [0.4, 0.5) is 10.1 Å². The molecule has 3 rings (SSSR count). The lowest BCUT2D eigenvalue weighted by atomic mass is 10.1. The molecule has 0 saturated heterocycles. The lowest BCUT2D eigenvalue weighted by Gasteiger charge is -2.18. The average Bonchev–Trinajstić information content (AvgIpc) is 2.50. The molecule has 0 fully saturated rings. The molecule has 1 aliphatic rings. The van der Waals surface area contributed by atoms with Gasteiger partial charge in [0.15, 0.2) is 11.5 Å². The van der Waals surface area contributed by atoms with E-state index < -0.39 is 5.82 Å². The van der Waals surface area contributed by atoms with E-state index >= 15 is 0 Å². The van der Waals surface area contributed by atoms with E-state index in [0.29, 0.717) is 40.4 Å². The smallest absolute Gasteiger partial charge is 0.255 e. The van der Waals surface area contributed by atoms with E-state index in [1.54, 1.807) is 24.3 Å². The molecule has 2 aromatic carbocycles. The quantitative estimate of drug-likeness (QED) is 0.898. The van der Waals surface area contributed by atoms with Gasteiger partial charge in [-0.2, -0.15) is 0 Å². The number of amides is 1. The van der Waals surface area contributed by atoms with Crippen molar-refractivity contribution >= 4 is 27.5 Å². The van der Waals surface area contributed by atoms with Crippen LogP contribution in [0.25, 0.3) is 0 Å². The Kier molecular flexibility index (Phi) is 3.79. The minimum atomic E-state index is -0.435. The van der Waals surface area contributed by atoms with Crippen molar-refractivity contribution in [2.45, 2.75) is 0 Å². The molecule has 0 spiro atoms. The van der Waals surface area contributed by atoms with Crippen LogP contribution in [-0.2, 0) is 0 Å². The molecule has 0 unspecified atom stereocenters. The van der Waals surface area contributed by atoms with Crippen LogP contribution < -0.4 is 14.8 Å². The first-order chi connectivity index (χ1) is 10.1. The fraction of sp³-hybridized carbons (Fsp3) is 0.133. The molecule has 0 bridgehead atoms. The van der Waals surface area contributed by atoms with Crippen LogP contribution in [0.15, 0.2) is 40.9 Å². The summed E-state index contributed by atoms with van der Waals surface area (Å²) < 4.78 is 24.6. The number of anilines is 1. The highest BCUT2D eigenvalue weighted by Crippen LogP contribution is 2.31. The molecule has 2 aromatic rings. The van der Waals surface area contributed by atoms with Gasteiger partial charge < -0.3 is 14.8 Å². The molecule has 0 aliphatic carbocycles. The summed E-state index contributed by atoms with van der Waals surface area (Å²) in [5.74, 6) is 0.382. The van der Waals surface area contributed by atoms with E-state index in [1.807, 2.05) is 0 Å². The summed E-state index contributed by atoms with van der Waals surface area (Å²) in [5, 5.41) is 2.64. The number of hydrogen-bond acceptors (Lipinski definition) is 3. The van der Waals surface area contributed by atoms with Gasteiger partial charge in [0.1, 0.15) is 19.0 Å². The lowest BCUT2D eigenvalue weighted by Crippen LogP contribution is -2.17. The fourth-order valence-electron chi connectivity index (χ4n) is 1.96. The van der Waals surface area contributed by atoms with Crippen molar-refractivity contribution in [3.63, 3.8) is 0 Å². The Bertz CT molecular complexity index is 705. The molecular weight excluding hydrogens is 341 g/mol. The van der Waals surface area contributed by atoms with Crippen LogP contribution in [0.1, 0.15) is 10.4 Å². The van der Waals surface area contributed by atoms with Crippen molar-refractivity contribution < 1.29 is 18.7 Å². The molecule has 0 saturated carbocycles. The van der Waals surface area contributed by atoms with Gasteiger partial charge in [-0.25, -0.2) is 4.39 Å². The summed E-state index contributed by atoms with van der Waals surface area (Å²) in [6, 6.07) is 9.33. The monoisotopic (exact) mass is 351 g/mol. The summed E-state index contributed by atoms with van der Waals surface area (Å²) in [6.45, 7) is 0.951. The zero-order valence-corrected chi connectivity index (χ0v) is 12.4. The van der Waals surface area contributed by atoms with Gasteiger partial charge in [0.2, 0.25) is 0 Å². The third-order valence-electron chi connectivity index (χ3n) is 2.98. The third kappa shape index (κ3) is 3.00. The van der Waals surface area contributed by atoms with Crippen molar-refractivity contribution in [1.29, 1.82) is 0 Å². The van der Waals surface area contributed by atoms with Crippen LogP contribution in [0.2, 0.25) is 0 Å². The summed E-state index contributed by atoms with van der Waals surface area (Å²) >= 11 is 3.06. The Morgan fingerprint density at radius 1 is 1.10 bits per heavy atom. The number of benzene rings is 2. The number of carbonyl (C=O) groups is 1. The predicted octanol–water partition coefficient (Wildman–Crippen LogP) is 3.61. The minimum Gasteiger partial charge on any atom is -0.486 e. The number of rotatable bonds is 2. The van der Waals surface area contributed by atoms with Gasteiger partial charge in [0.05, 0.1) is 4.47 Å². The Morgan fingerprint density at radius 3 is 2.62 bits per heavy atom. The van der Waals surface area contributed by atoms with Crippen LogP contribution in [0.3, 0.4) is 0 Å². The molecule has 0 atom stereocenters. The summed E-state index contributed by atoms with van der Waals surface area (Å²) in [6.07, 6.45) is 0. The third-order valence-corrected chi connectivity index (χ3v) is 3.62. The van der Waals surface area contributed by atoms with Gasteiger partial charge in [0, 0.05) is 11.3 Å². The number of carbonyl (C=O) groups excluding carboxylic acids is 1. The maximum Gasteiger partial charge on any atom is 0.255 e. The van der Waals surface area contributed by atoms with Gasteiger partial charge in [-0.15, -0.1) is 0 Å². The molecule has 21 heavy (non-hydrogen) atoms. The molecule has 108 valence electrons. The lowest BCUT2D eigenvalue weighted by molar-refractivity contribution is 0.102. The second-order valence-corrected chi connectivity index (χ2v) is 5.30.